The smallest absolute Gasteiger partial charge is 0.410 e. The summed E-state index contributed by atoms with van der Waals surface area (Å²) in [6.07, 6.45) is 1.57. The summed E-state index contributed by atoms with van der Waals surface area (Å²) in [7, 11) is 0. The zero-order valence-electron chi connectivity index (χ0n) is 18.4. The quantitative estimate of drug-likeness (QED) is 0.519. The van der Waals surface area contributed by atoms with Crippen LogP contribution in [-0.2, 0) is 22.5 Å². The lowest BCUT2D eigenvalue weighted by Crippen LogP contribution is -2.43. The molecule has 0 bridgehead atoms. The maximum Gasteiger partial charge on any atom is 0.410 e. The van der Waals surface area contributed by atoms with Crippen LogP contribution < -0.4 is 0 Å². The van der Waals surface area contributed by atoms with E-state index in [1.165, 1.54) is 0 Å². The minimum atomic E-state index is -1.46. The molecule has 1 aliphatic heterocycles. The van der Waals surface area contributed by atoms with E-state index in [0.717, 1.165) is 18.6 Å². The van der Waals surface area contributed by atoms with Crippen LogP contribution in [0.25, 0.3) is 0 Å². The van der Waals surface area contributed by atoms with Gasteiger partial charge >= 0.3 is 6.09 Å². The van der Waals surface area contributed by atoms with Crippen molar-refractivity contribution < 1.29 is 18.5 Å². The maximum absolute atomic E-state index is 14.8. The number of rotatable bonds is 3. The topological polar surface area (TPSA) is 65.0 Å². The van der Waals surface area contributed by atoms with Gasteiger partial charge in [0.1, 0.15) is 27.5 Å². The largest absolute Gasteiger partial charge is 0.591 e. The minimum absolute atomic E-state index is 0.256. The van der Waals surface area contributed by atoms with Crippen LogP contribution in [0.5, 0.6) is 0 Å². The molecule has 0 N–H and O–H groups in total. The Hall–Kier alpha value is -1.12. The van der Waals surface area contributed by atoms with E-state index in [1.807, 2.05) is 41.5 Å². The third-order valence-corrected chi connectivity index (χ3v) is 7.36. The fourth-order valence-corrected chi connectivity index (χ4v) is 4.78. The molecule has 1 unspecified atom stereocenters. The minimum Gasteiger partial charge on any atom is -0.591 e. The number of likely N-dealkylation sites (tertiary alicyclic amines) is 1. The lowest BCUT2D eigenvalue weighted by Gasteiger charge is -2.28. The number of carbonyl (C=O) groups is 1. The van der Waals surface area contributed by atoms with Crippen LogP contribution in [-0.4, -0.2) is 44.2 Å². The summed E-state index contributed by atoms with van der Waals surface area (Å²) in [6.45, 7) is 11.5. The first-order valence-corrected chi connectivity index (χ1v) is 12.1. The number of ether oxygens (including phenoxy) is 1. The van der Waals surface area contributed by atoms with Gasteiger partial charge in [-0.2, -0.15) is 0 Å². The molecule has 8 heteroatoms. The molecule has 1 aliphatic carbocycles. The molecule has 1 spiro atoms. The molecule has 1 aromatic carbocycles. The Balaban J connectivity index is 2.02. The highest BCUT2D eigenvalue weighted by molar-refractivity contribution is 9.10. The second-order valence-electron chi connectivity index (χ2n) is 10.2. The van der Waals surface area contributed by atoms with E-state index >= 15 is 0 Å². The van der Waals surface area contributed by atoms with Gasteiger partial charge in [-0.25, -0.2) is 9.18 Å². The summed E-state index contributed by atoms with van der Waals surface area (Å²) < 4.78 is 37.7. The molecule has 2 atom stereocenters. The number of halogens is 2. The van der Waals surface area contributed by atoms with E-state index in [0.29, 0.717) is 16.6 Å². The molecule has 1 saturated heterocycles. The zero-order chi connectivity index (χ0) is 22.5. The van der Waals surface area contributed by atoms with E-state index in [9.17, 15) is 13.7 Å². The predicted molar refractivity (Wildman–Crippen MR) is 122 cm³/mol. The highest BCUT2D eigenvalue weighted by Gasteiger charge is 2.60. The van der Waals surface area contributed by atoms with E-state index in [1.54, 1.807) is 23.1 Å². The van der Waals surface area contributed by atoms with Crippen molar-refractivity contribution in [1.82, 2.24) is 4.90 Å². The maximum atomic E-state index is 14.8. The summed E-state index contributed by atoms with van der Waals surface area (Å²) >= 11 is 1.77. The van der Waals surface area contributed by atoms with E-state index in [4.69, 9.17) is 4.74 Å². The predicted octanol–water partition coefficient (Wildman–Crippen LogP) is 5.43. The Morgan fingerprint density at radius 2 is 1.97 bits per heavy atom. The monoisotopic (exact) mass is 500 g/mol. The second kappa shape index (κ2) is 8.10. The van der Waals surface area contributed by atoms with Gasteiger partial charge in [0.25, 0.3) is 0 Å². The summed E-state index contributed by atoms with van der Waals surface area (Å²) in [5, 5.41) is 0. The third-order valence-electron chi connectivity index (χ3n) is 5.34. The first kappa shape index (κ1) is 23.5. The van der Waals surface area contributed by atoms with Crippen molar-refractivity contribution in [1.29, 1.82) is 0 Å². The summed E-state index contributed by atoms with van der Waals surface area (Å²) in [4.78, 5) is 14.7. The van der Waals surface area contributed by atoms with Crippen LogP contribution >= 0.6 is 15.9 Å². The molecule has 166 valence electrons. The molecule has 0 aromatic heterocycles. The van der Waals surface area contributed by atoms with Crippen LogP contribution in [0.4, 0.5) is 9.18 Å². The Morgan fingerprint density at radius 1 is 1.33 bits per heavy atom. The molecule has 30 heavy (non-hydrogen) atoms. The molecular formula is C22H30BrFN2O3S. The first-order valence-electron chi connectivity index (χ1n) is 10.2. The summed E-state index contributed by atoms with van der Waals surface area (Å²) in [5.41, 5.74) is 0.300. The molecule has 0 radical (unpaired) electrons. The van der Waals surface area contributed by atoms with E-state index < -0.39 is 33.8 Å². The van der Waals surface area contributed by atoms with Crippen molar-refractivity contribution in [3.8, 4) is 0 Å². The first-order chi connectivity index (χ1) is 13.7. The van der Waals surface area contributed by atoms with Gasteiger partial charge in [0, 0.05) is 18.4 Å². The molecule has 1 heterocycles. The molecule has 2 aliphatic rings. The van der Waals surface area contributed by atoms with Crippen molar-refractivity contribution in [2.24, 2.45) is 9.81 Å². The number of benzene rings is 1. The Kier molecular flexibility index (Phi) is 6.35. The lowest BCUT2D eigenvalue weighted by atomic mass is 9.95. The lowest BCUT2D eigenvalue weighted by molar-refractivity contribution is 0.0232. The van der Waals surface area contributed by atoms with Gasteiger partial charge in [-0.1, -0.05) is 16.5 Å². The van der Waals surface area contributed by atoms with E-state index in [2.05, 4.69) is 20.3 Å². The van der Waals surface area contributed by atoms with Crippen LogP contribution in [0.3, 0.4) is 0 Å². The van der Waals surface area contributed by atoms with Crippen molar-refractivity contribution in [3.05, 3.63) is 34.1 Å². The third kappa shape index (κ3) is 5.02. The standard InChI is InChI=1S/C22H30BrFN2O3S/c1-20(2,3)29-19(27)26-13-22(10-11-22)18(25-30(28)21(4,5)6)16(26)12-14-8-7-9-15(23)17(14)24/h7-9,16H,10-13H2,1-6H3/b25-18+/t16?,30-/m1/s1. The molecule has 2 fully saturated rings. The van der Waals surface area contributed by atoms with Crippen LogP contribution in [0, 0.1) is 11.2 Å². The van der Waals surface area contributed by atoms with Crippen LogP contribution in [0.15, 0.2) is 27.1 Å². The van der Waals surface area contributed by atoms with Gasteiger partial charge in [0.15, 0.2) is 0 Å². The van der Waals surface area contributed by atoms with Crippen LogP contribution in [0.2, 0.25) is 0 Å². The van der Waals surface area contributed by atoms with Crippen LogP contribution in [0.1, 0.15) is 59.9 Å². The van der Waals surface area contributed by atoms with Crippen molar-refractivity contribution in [2.45, 2.75) is 77.2 Å². The number of amides is 1. The second-order valence-corrected chi connectivity index (χ2v) is 12.9. The van der Waals surface area contributed by atoms with Gasteiger partial charge in [0.05, 0.1) is 16.2 Å². The molecule has 3 rings (SSSR count). The Labute approximate surface area is 189 Å². The zero-order valence-corrected chi connectivity index (χ0v) is 20.8. The number of hydrogen-bond donors (Lipinski definition) is 0. The average Bonchev–Trinajstić information content (AvgIpc) is 3.31. The summed E-state index contributed by atoms with van der Waals surface area (Å²) in [5.74, 6) is -0.352. The highest BCUT2D eigenvalue weighted by atomic mass is 79.9. The van der Waals surface area contributed by atoms with Crippen molar-refractivity contribution in [2.75, 3.05) is 6.54 Å². The highest BCUT2D eigenvalue weighted by Crippen LogP contribution is 2.54. The fourth-order valence-electron chi connectivity index (χ4n) is 3.60. The normalized spacial score (nSPS) is 23.2. The number of nitrogens with zero attached hydrogens (tertiary/aromatic N) is 2. The number of hydrogen-bond acceptors (Lipinski definition) is 4. The van der Waals surface area contributed by atoms with Crippen molar-refractivity contribution >= 4 is 39.1 Å². The fraction of sp³-hybridized carbons (Fsp3) is 0.636. The molecule has 5 nitrogen and oxygen atoms in total. The van der Waals surface area contributed by atoms with Gasteiger partial charge in [-0.05, 0) is 81.9 Å². The Morgan fingerprint density at radius 3 is 2.50 bits per heavy atom. The SMILES string of the molecule is CC(C)(C)OC(=O)N1CC2(CC2)/C(=N/[S@+]([O-])C(C)(C)C)C1Cc1cccc(Br)c1F. The van der Waals surface area contributed by atoms with Gasteiger partial charge in [0.2, 0.25) is 0 Å². The van der Waals surface area contributed by atoms with Gasteiger partial charge < -0.3 is 9.29 Å². The van der Waals surface area contributed by atoms with Crippen molar-refractivity contribution in [3.63, 3.8) is 0 Å². The molecule has 1 aromatic rings. The molecule has 1 saturated carbocycles. The summed E-state index contributed by atoms with van der Waals surface area (Å²) in [6, 6.07) is 4.64. The molecule has 1 amide bonds. The van der Waals surface area contributed by atoms with E-state index in [-0.39, 0.29) is 17.7 Å². The average molecular weight is 501 g/mol. The van der Waals surface area contributed by atoms with Gasteiger partial charge in [-0.15, -0.1) is 0 Å². The van der Waals surface area contributed by atoms with Gasteiger partial charge in [-0.3, -0.25) is 4.90 Å². The molecular weight excluding hydrogens is 471 g/mol. The Bertz CT molecular complexity index is 859. The number of carbonyl (C=O) groups excluding carboxylic acids is 1.